The summed E-state index contributed by atoms with van der Waals surface area (Å²) < 4.78 is 10.4. The molecule has 4 rings (SSSR count). The Hall–Kier alpha value is -3.71. The molecular formula is C26H24N2O4S. The first-order chi connectivity index (χ1) is 16.1. The summed E-state index contributed by atoms with van der Waals surface area (Å²) in [7, 11) is 3.26. The first-order valence-corrected chi connectivity index (χ1v) is 11.2. The van der Waals surface area contributed by atoms with Crippen molar-refractivity contribution in [3.05, 3.63) is 94.4 Å². The first-order valence-electron chi connectivity index (χ1n) is 10.4. The SMILES string of the molecule is COc1ccc(CN=C2S/C(=C\c3ccc(O)cc3)C(=O)N2Cc2ccc(OC)cc2)cc1. The third-order valence-electron chi connectivity index (χ3n) is 5.13. The van der Waals surface area contributed by atoms with Gasteiger partial charge in [-0.2, -0.15) is 0 Å². The highest BCUT2D eigenvalue weighted by Gasteiger charge is 2.33. The van der Waals surface area contributed by atoms with E-state index in [0.29, 0.717) is 23.2 Å². The molecule has 1 N–H and O–H groups in total. The summed E-state index contributed by atoms with van der Waals surface area (Å²) in [6, 6.07) is 22.1. The molecule has 0 saturated carbocycles. The Balaban J connectivity index is 1.60. The van der Waals surface area contributed by atoms with E-state index in [2.05, 4.69) is 0 Å². The summed E-state index contributed by atoms with van der Waals surface area (Å²) in [5.74, 6) is 1.64. The van der Waals surface area contributed by atoms with Gasteiger partial charge in [-0.15, -0.1) is 0 Å². The van der Waals surface area contributed by atoms with E-state index in [1.165, 1.54) is 11.8 Å². The Kier molecular flexibility index (Phi) is 7.00. The van der Waals surface area contributed by atoms with Gasteiger partial charge in [-0.1, -0.05) is 36.4 Å². The maximum atomic E-state index is 13.3. The number of benzene rings is 3. The van der Waals surface area contributed by atoms with Gasteiger partial charge >= 0.3 is 0 Å². The summed E-state index contributed by atoms with van der Waals surface area (Å²) >= 11 is 1.36. The zero-order valence-corrected chi connectivity index (χ0v) is 19.2. The highest BCUT2D eigenvalue weighted by atomic mass is 32.2. The molecule has 1 amide bonds. The lowest BCUT2D eigenvalue weighted by Gasteiger charge is -2.16. The Labute approximate surface area is 197 Å². The van der Waals surface area contributed by atoms with Crippen LogP contribution in [0.25, 0.3) is 6.08 Å². The number of methoxy groups -OCH3 is 2. The Morgan fingerprint density at radius 3 is 2.03 bits per heavy atom. The number of hydrogen-bond donors (Lipinski definition) is 1. The van der Waals surface area contributed by atoms with Gasteiger partial charge < -0.3 is 14.6 Å². The molecule has 3 aromatic carbocycles. The van der Waals surface area contributed by atoms with Crippen LogP contribution in [0.2, 0.25) is 0 Å². The average Bonchev–Trinajstić information content (AvgIpc) is 3.14. The molecule has 1 aliphatic rings. The minimum Gasteiger partial charge on any atom is -0.508 e. The summed E-state index contributed by atoms with van der Waals surface area (Å²) in [6.07, 6.45) is 1.82. The smallest absolute Gasteiger partial charge is 0.267 e. The number of rotatable bonds is 7. The summed E-state index contributed by atoms with van der Waals surface area (Å²) in [5.41, 5.74) is 2.84. The third-order valence-corrected chi connectivity index (χ3v) is 6.18. The van der Waals surface area contributed by atoms with Crippen molar-refractivity contribution in [1.82, 2.24) is 4.90 Å². The second-order valence-electron chi connectivity index (χ2n) is 7.39. The maximum absolute atomic E-state index is 13.3. The Morgan fingerprint density at radius 1 is 0.879 bits per heavy atom. The van der Waals surface area contributed by atoms with E-state index in [1.54, 1.807) is 43.4 Å². The number of ether oxygens (including phenoxy) is 2. The molecule has 6 nitrogen and oxygen atoms in total. The van der Waals surface area contributed by atoms with E-state index in [-0.39, 0.29) is 11.7 Å². The van der Waals surface area contributed by atoms with Crippen molar-refractivity contribution in [2.75, 3.05) is 14.2 Å². The fourth-order valence-corrected chi connectivity index (χ4v) is 4.27. The summed E-state index contributed by atoms with van der Waals surface area (Å²) in [5, 5.41) is 10.2. The van der Waals surface area contributed by atoms with Gasteiger partial charge in [-0.25, -0.2) is 0 Å². The predicted molar refractivity (Wildman–Crippen MR) is 131 cm³/mol. The number of hydrogen-bond acceptors (Lipinski definition) is 6. The molecule has 7 heteroatoms. The van der Waals surface area contributed by atoms with E-state index in [1.807, 2.05) is 54.6 Å². The quantitative estimate of drug-likeness (QED) is 0.498. The standard InChI is InChI=1S/C26H24N2O4S/c1-31-22-11-5-19(6-12-22)16-27-26-28(17-20-7-13-23(32-2)14-8-20)25(30)24(33-26)15-18-3-9-21(29)10-4-18/h3-15,29H,16-17H2,1-2H3/b24-15-,27-26?. The van der Waals surface area contributed by atoms with Crippen molar-refractivity contribution in [3.63, 3.8) is 0 Å². The van der Waals surface area contributed by atoms with Gasteiger partial charge in [-0.05, 0) is 70.9 Å². The number of aromatic hydroxyl groups is 1. The zero-order chi connectivity index (χ0) is 23.2. The molecule has 0 atom stereocenters. The number of amidine groups is 1. The molecule has 1 aliphatic heterocycles. The minimum absolute atomic E-state index is 0.0997. The van der Waals surface area contributed by atoms with Crippen molar-refractivity contribution < 1.29 is 19.4 Å². The monoisotopic (exact) mass is 460 g/mol. The van der Waals surface area contributed by atoms with E-state index >= 15 is 0 Å². The lowest BCUT2D eigenvalue weighted by atomic mass is 10.2. The van der Waals surface area contributed by atoms with Crippen LogP contribution in [0, 0.1) is 0 Å². The molecule has 0 unspecified atom stereocenters. The van der Waals surface area contributed by atoms with Crippen molar-refractivity contribution in [3.8, 4) is 17.2 Å². The van der Waals surface area contributed by atoms with Crippen LogP contribution in [0.5, 0.6) is 17.2 Å². The van der Waals surface area contributed by atoms with Crippen LogP contribution < -0.4 is 9.47 Å². The molecule has 0 radical (unpaired) electrons. The van der Waals surface area contributed by atoms with Crippen LogP contribution in [-0.4, -0.2) is 35.3 Å². The molecule has 1 fully saturated rings. The lowest BCUT2D eigenvalue weighted by molar-refractivity contribution is -0.122. The summed E-state index contributed by atoms with van der Waals surface area (Å²) in [4.78, 5) is 20.3. The van der Waals surface area contributed by atoms with Gasteiger partial charge in [0.2, 0.25) is 0 Å². The molecule has 1 heterocycles. The molecule has 0 spiro atoms. The van der Waals surface area contributed by atoms with Crippen LogP contribution >= 0.6 is 11.8 Å². The largest absolute Gasteiger partial charge is 0.508 e. The Bertz CT molecular complexity index is 1170. The van der Waals surface area contributed by atoms with Crippen molar-refractivity contribution >= 4 is 28.9 Å². The van der Waals surface area contributed by atoms with Crippen LogP contribution in [0.15, 0.2) is 82.7 Å². The lowest BCUT2D eigenvalue weighted by Crippen LogP contribution is -2.28. The fourth-order valence-electron chi connectivity index (χ4n) is 3.29. The molecule has 0 aliphatic carbocycles. The van der Waals surface area contributed by atoms with Crippen LogP contribution in [0.3, 0.4) is 0 Å². The number of aliphatic imine (C=N–C) groups is 1. The van der Waals surface area contributed by atoms with Gasteiger partial charge in [0.05, 0.1) is 32.2 Å². The second kappa shape index (κ2) is 10.3. The van der Waals surface area contributed by atoms with E-state index < -0.39 is 0 Å². The molecule has 0 aromatic heterocycles. The number of nitrogens with zero attached hydrogens (tertiary/aromatic N) is 2. The Morgan fingerprint density at radius 2 is 1.45 bits per heavy atom. The van der Waals surface area contributed by atoms with Crippen LogP contribution in [0.1, 0.15) is 16.7 Å². The fraction of sp³-hybridized carbons (Fsp3) is 0.154. The average molecular weight is 461 g/mol. The summed E-state index contributed by atoms with van der Waals surface area (Å²) in [6.45, 7) is 0.857. The first kappa shape index (κ1) is 22.5. The minimum atomic E-state index is -0.0997. The number of amides is 1. The molecule has 168 valence electrons. The maximum Gasteiger partial charge on any atom is 0.267 e. The van der Waals surface area contributed by atoms with E-state index in [4.69, 9.17) is 14.5 Å². The predicted octanol–water partition coefficient (Wildman–Crippen LogP) is 5.08. The zero-order valence-electron chi connectivity index (χ0n) is 18.4. The number of phenolic OH excluding ortho intramolecular Hbond substituents is 1. The molecule has 0 bridgehead atoms. The number of carbonyl (C=O) groups excluding carboxylic acids is 1. The van der Waals surface area contributed by atoms with Gasteiger partial charge in [0, 0.05) is 0 Å². The topological polar surface area (TPSA) is 71.4 Å². The number of carbonyl (C=O) groups is 1. The van der Waals surface area contributed by atoms with E-state index in [0.717, 1.165) is 28.2 Å². The normalized spacial score (nSPS) is 15.9. The van der Waals surface area contributed by atoms with Crippen molar-refractivity contribution in [1.29, 1.82) is 0 Å². The number of thioether (sulfide) groups is 1. The van der Waals surface area contributed by atoms with Gasteiger partial charge in [0.15, 0.2) is 5.17 Å². The molecule has 3 aromatic rings. The third kappa shape index (κ3) is 5.56. The second-order valence-corrected chi connectivity index (χ2v) is 8.40. The van der Waals surface area contributed by atoms with Crippen LogP contribution in [0.4, 0.5) is 0 Å². The van der Waals surface area contributed by atoms with Crippen LogP contribution in [-0.2, 0) is 17.9 Å². The molecule has 1 saturated heterocycles. The van der Waals surface area contributed by atoms with Gasteiger partial charge in [0.25, 0.3) is 5.91 Å². The van der Waals surface area contributed by atoms with E-state index in [9.17, 15) is 9.90 Å². The molecule has 33 heavy (non-hydrogen) atoms. The molecular weight excluding hydrogens is 436 g/mol. The van der Waals surface area contributed by atoms with Gasteiger partial charge in [0.1, 0.15) is 17.2 Å². The highest BCUT2D eigenvalue weighted by molar-refractivity contribution is 8.18. The van der Waals surface area contributed by atoms with Gasteiger partial charge in [-0.3, -0.25) is 14.7 Å². The van der Waals surface area contributed by atoms with Crippen molar-refractivity contribution in [2.24, 2.45) is 4.99 Å². The highest BCUT2D eigenvalue weighted by Crippen LogP contribution is 2.34. The number of phenols is 1. The van der Waals surface area contributed by atoms with Crippen molar-refractivity contribution in [2.45, 2.75) is 13.1 Å².